The molecule has 0 amide bonds. The van der Waals surface area contributed by atoms with Crippen molar-refractivity contribution in [3.05, 3.63) is 93.3 Å². The Labute approximate surface area is 208 Å². The van der Waals surface area contributed by atoms with Crippen molar-refractivity contribution in [1.82, 2.24) is 9.55 Å². The van der Waals surface area contributed by atoms with E-state index in [1.807, 2.05) is 0 Å². The van der Waals surface area contributed by atoms with Gasteiger partial charge < -0.3 is 4.42 Å². The molecule has 0 fully saturated rings. The van der Waals surface area contributed by atoms with Gasteiger partial charge >= 0.3 is 6.18 Å². The Balaban J connectivity index is 1.91. The second-order valence-corrected chi connectivity index (χ2v) is 10.2. The van der Waals surface area contributed by atoms with Gasteiger partial charge in [0, 0.05) is 29.1 Å². The molecule has 3 aromatic heterocycles. The monoisotopic (exact) mass is 531 g/mol. The van der Waals surface area contributed by atoms with E-state index < -0.39 is 45.1 Å². The summed E-state index contributed by atoms with van der Waals surface area (Å²) in [4.78, 5) is 17.0. The van der Waals surface area contributed by atoms with Crippen molar-refractivity contribution in [2.45, 2.75) is 24.7 Å². The summed E-state index contributed by atoms with van der Waals surface area (Å²) in [6, 6.07) is 10.2. The number of benzene rings is 1. The van der Waals surface area contributed by atoms with Gasteiger partial charge in [-0.1, -0.05) is 18.2 Å². The highest BCUT2D eigenvalue weighted by molar-refractivity contribution is 7.90. The number of hydrogen-bond donors (Lipinski definition) is 0. The van der Waals surface area contributed by atoms with E-state index in [1.54, 1.807) is 0 Å². The van der Waals surface area contributed by atoms with Crippen LogP contribution in [0.4, 0.5) is 17.6 Å². The molecule has 0 saturated carbocycles. The quantitative estimate of drug-likeness (QED) is 0.337. The van der Waals surface area contributed by atoms with Crippen LogP contribution in [0, 0.1) is 24.1 Å². The first-order valence-electron chi connectivity index (χ1n) is 10.6. The van der Waals surface area contributed by atoms with Crippen molar-refractivity contribution in [2.24, 2.45) is 0 Å². The smallest absolute Gasteiger partial charge is 0.417 e. The van der Waals surface area contributed by atoms with Crippen molar-refractivity contribution in [3.63, 3.8) is 0 Å². The predicted octanol–water partition coefficient (Wildman–Crippen LogP) is 4.96. The highest BCUT2D eigenvalue weighted by atomic mass is 32.2. The van der Waals surface area contributed by atoms with Gasteiger partial charge in [0.2, 0.25) is 0 Å². The minimum Gasteiger partial charge on any atom is -0.462 e. The van der Waals surface area contributed by atoms with E-state index >= 15 is 0 Å². The van der Waals surface area contributed by atoms with Gasteiger partial charge in [0.25, 0.3) is 5.56 Å². The van der Waals surface area contributed by atoms with E-state index in [0.29, 0.717) is 22.8 Å². The molecule has 0 saturated heterocycles. The van der Waals surface area contributed by atoms with Crippen molar-refractivity contribution < 1.29 is 30.4 Å². The third-order valence-corrected chi connectivity index (χ3v) is 6.70. The molecule has 1 aromatic carbocycles. The Morgan fingerprint density at radius 1 is 1.14 bits per heavy atom. The van der Waals surface area contributed by atoms with Crippen LogP contribution in [0.25, 0.3) is 22.6 Å². The predicted molar refractivity (Wildman–Crippen MR) is 125 cm³/mol. The number of rotatable bonds is 5. The van der Waals surface area contributed by atoms with Crippen molar-refractivity contribution in [1.29, 1.82) is 5.26 Å². The second kappa shape index (κ2) is 9.33. The Bertz CT molecular complexity index is 1730. The topological polar surface area (TPSA) is 106 Å². The number of aryl methyl sites for hydroxylation is 1. The summed E-state index contributed by atoms with van der Waals surface area (Å²) >= 11 is 0. The summed E-state index contributed by atoms with van der Waals surface area (Å²) in [5.41, 5.74) is -3.06. The third-order valence-electron chi connectivity index (χ3n) is 5.57. The Hall–Kier alpha value is -4.24. The lowest BCUT2D eigenvalue weighted by Crippen LogP contribution is -2.28. The number of pyridine rings is 2. The van der Waals surface area contributed by atoms with Gasteiger partial charge in [-0.05, 0) is 36.8 Å². The van der Waals surface area contributed by atoms with E-state index in [1.165, 1.54) is 55.8 Å². The molecule has 0 aliphatic rings. The molecule has 0 N–H and O–H groups in total. The molecule has 37 heavy (non-hydrogen) atoms. The summed E-state index contributed by atoms with van der Waals surface area (Å²) in [6.07, 6.45) is -1.54. The van der Waals surface area contributed by atoms with Crippen LogP contribution in [0.2, 0.25) is 0 Å². The molecule has 0 atom stereocenters. The standard InChI is InChI=1S/C25H17F4N3O4S/c1-14-7-16(11-31-23(14)37(2,34)35)17-8-22(36-13-17)21-9-19(25(27,28)29)18(10-30)24(33)32(21)12-15-5-3-4-6-20(15)26/h3-9,11,13H,12H2,1-2H3. The molecule has 3 heterocycles. The van der Waals surface area contributed by atoms with E-state index in [0.717, 1.165) is 16.9 Å². The van der Waals surface area contributed by atoms with Crippen molar-refractivity contribution in [2.75, 3.05) is 6.26 Å². The molecular formula is C25H17F4N3O4S. The van der Waals surface area contributed by atoms with Crippen LogP contribution in [0.15, 0.2) is 69.2 Å². The van der Waals surface area contributed by atoms with Crippen molar-refractivity contribution in [3.8, 4) is 28.7 Å². The lowest BCUT2D eigenvalue weighted by Gasteiger charge is -2.16. The van der Waals surface area contributed by atoms with Gasteiger partial charge in [-0.2, -0.15) is 18.4 Å². The van der Waals surface area contributed by atoms with Gasteiger partial charge in [-0.3, -0.25) is 9.36 Å². The molecule has 7 nitrogen and oxygen atoms in total. The molecule has 0 spiro atoms. The van der Waals surface area contributed by atoms with E-state index in [9.17, 15) is 36.0 Å². The number of nitriles is 1. The highest BCUT2D eigenvalue weighted by Gasteiger charge is 2.37. The fourth-order valence-corrected chi connectivity index (χ4v) is 4.75. The maximum absolute atomic E-state index is 14.3. The number of halogens is 4. The largest absolute Gasteiger partial charge is 0.462 e. The van der Waals surface area contributed by atoms with E-state index in [4.69, 9.17) is 4.42 Å². The first-order chi connectivity index (χ1) is 17.3. The fourth-order valence-electron chi connectivity index (χ4n) is 3.87. The molecule has 0 unspecified atom stereocenters. The van der Waals surface area contributed by atoms with E-state index in [2.05, 4.69) is 4.98 Å². The molecule has 12 heteroatoms. The zero-order valence-electron chi connectivity index (χ0n) is 19.3. The zero-order valence-corrected chi connectivity index (χ0v) is 20.1. The summed E-state index contributed by atoms with van der Waals surface area (Å²) in [7, 11) is -3.58. The molecule has 0 aliphatic carbocycles. The van der Waals surface area contributed by atoms with Crippen LogP contribution < -0.4 is 5.56 Å². The minimum absolute atomic E-state index is 0.0115. The summed E-state index contributed by atoms with van der Waals surface area (Å²) in [6.45, 7) is 1.07. The molecule has 0 aliphatic heterocycles. The maximum Gasteiger partial charge on any atom is 0.417 e. The lowest BCUT2D eigenvalue weighted by molar-refractivity contribution is -0.137. The zero-order chi connectivity index (χ0) is 27.1. The first-order valence-corrected chi connectivity index (χ1v) is 12.4. The molecule has 0 bridgehead atoms. The lowest BCUT2D eigenvalue weighted by atomic mass is 10.1. The SMILES string of the molecule is Cc1cc(-c2coc(-c3cc(C(F)(F)F)c(C#N)c(=O)n3Cc3ccccc3F)c2)cnc1S(C)(=O)=O. The summed E-state index contributed by atoms with van der Waals surface area (Å²) < 4.78 is 85.6. The van der Waals surface area contributed by atoms with Crippen LogP contribution in [-0.2, 0) is 22.6 Å². The van der Waals surface area contributed by atoms with Gasteiger partial charge in [0.1, 0.15) is 17.4 Å². The van der Waals surface area contributed by atoms with E-state index in [-0.39, 0.29) is 22.0 Å². The van der Waals surface area contributed by atoms with Crippen LogP contribution in [0.1, 0.15) is 22.3 Å². The third kappa shape index (κ3) is 5.03. The number of aromatic nitrogens is 2. The average Bonchev–Trinajstić information content (AvgIpc) is 3.30. The number of furan rings is 1. The molecule has 4 rings (SSSR count). The molecular weight excluding hydrogens is 514 g/mol. The molecule has 190 valence electrons. The number of alkyl halides is 3. The van der Waals surface area contributed by atoms with Crippen LogP contribution >= 0.6 is 0 Å². The number of nitrogens with zero attached hydrogens (tertiary/aromatic N) is 3. The first kappa shape index (κ1) is 25.8. The van der Waals surface area contributed by atoms with Gasteiger partial charge in [-0.25, -0.2) is 17.8 Å². The summed E-state index contributed by atoms with van der Waals surface area (Å²) in [5, 5.41) is 9.19. The van der Waals surface area contributed by atoms with Gasteiger partial charge in [-0.15, -0.1) is 0 Å². The number of sulfone groups is 1. The highest BCUT2D eigenvalue weighted by Crippen LogP contribution is 2.35. The Morgan fingerprint density at radius 3 is 2.43 bits per heavy atom. The van der Waals surface area contributed by atoms with Gasteiger partial charge in [0.15, 0.2) is 20.6 Å². The average molecular weight is 531 g/mol. The van der Waals surface area contributed by atoms with Crippen molar-refractivity contribution >= 4 is 9.84 Å². The fraction of sp³-hybridized carbons (Fsp3) is 0.160. The second-order valence-electron chi connectivity index (χ2n) is 8.23. The van der Waals surface area contributed by atoms with Gasteiger partial charge in [0.05, 0.1) is 24.1 Å². The molecule has 0 radical (unpaired) electrons. The minimum atomic E-state index is -5.02. The van der Waals surface area contributed by atoms with Crippen LogP contribution in [0.5, 0.6) is 0 Å². The Kier molecular flexibility index (Phi) is 6.51. The maximum atomic E-state index is 14.3. The number of hydrogen-bond acceptors (Lipinski definition) is 6. The molecule has 4 aromatic rings. The van der Waals surface area contributed by atoms with Crippen LogP contribution in [0.3, 0.4) is 0 Å². The van der Waals surface area contributed by atoms with Crippen LogP contribution in [-0.4, -0.2) is 24.2 Å². The summed E-state index contributed by atoms with van der Waals surface area (Å²) in [5.74, 6) is -0.852. The Morgan fingerprint density at radius 2 is 1.84 bits per heavy atom. The normalized spacial score (nSPS) is 11.9.